The Labute approximate surface area is 103 Å². The molecule has 5 heteroatoms. The van der Waals surface area contributed by atoms with E-state index in [1.165, 1.54) is 6.08 Å². The quantitative estimate of drug-likeness (QED) is 0.671. The summed E-state index contributed by atoms with van der Waals surface area (Å²) in [5.74, 6) is -0.917. The molecule has 0 aromatic rings. The van der Waals surface area contributed by atoms with Crippen LogP contribution in [0.1, 0.15) is 20.3 Å². The van der Waals surface area contributed by atoms with Gasteiger partial charge in [-0.25, -0.2) is 4.79 Å². The summed E-state index contributed by atoms with van der Waals surface area (Å²) in [6, 6.07) is 0. The molecule has 0 aromatic carbocycles. The number of nitrogens with zero attached hydrogens (tertiary/aromatic N) is 2. The van der Waals surface area contributed by atoms with Gasteiger partial charge in [0.1, 0.15) is 0 Å². The van der Waals surface area contributed by atoms with E-state index in [2.05, 4.69) is 0 Å². The highest BCUT2D eigenvalue weighted by molar-refractivity contribution is 5.80. The first-order valence-corrected chi connectivity index (χ1v) is 5.69. The number of carboxylic acid groups (broad SMARTS) is 1. The first-order chi connectivity index (χ1) is 7.86. The fourth-order valence-electron chi connectivity index (χ4n) is 1.47. The monoisotopic (exact) mass is 242 g/mol. The number of carbonyl (C=O) groups excluding carboxylic acids is 1. The highest BCUT2D eigenvalue weighted by Crippen LogP contribution is 2.01. The average molecular weight is 242 g/mol. The molecule has 98 valence electrons. The van der Waals surface area contributed by atoms with Gasteiger partial charge < -0.3 is 10.0 Å². The second-order valence-corrected chi connectivity index (χ2v) is 4.33. The van der Waals surface area contributed by atoms with Crippen LogP contribution < -0.4 is 0 Å². The molecular formula is C12H22N2O3. The summed E-state index contributed by atoms with van der Waals surface area (Å²) in [5, 5.41) is 8.63. The lowest BCUT2D eigenvalue weighted by molar-refractivity contribution is -0.131. The molecule has 0 fully saturated rings. The number of hydrogen-bond donors (Lipinski definition) is 1. The van der Waals surface area contributed by atoms with Gasteiger partial charge in [-0.05, 0) is 19.9 Å². The van der Waals surface area contributed by atoms with Crippen LogP contribution in [-0.4, -0.2) is 60.5 Å². The van der Waals surface area contributed by atoms with Gasteiger partial charge in [-0.2, -0.15) is 0 Å². The smallest absolute Gasteiger partial charge is 0.328 e. The molecule has 0 atom stereocenters. The molecule has 17 heavy (non-hydrogen) atoms. The SMILES string of the molecule is CCCN(CC(=O)N(C)C)C/C(C)=C/C(=O)O. The summed E-state index contributed by atoms with van der Waals surface area (Å²) in [6.07, 6.45) is 2.11. The van der Waals surface area contributed by atoms with Crippen LogP contribution in [0.4, 0.5) is 0 Å². The van der Waals surface area contributed by atoms with Gasteiger partial charge in [0.05, 0.1) is 6.54 Å². The fraction of sp³-hybridized carbons (Fsp3) is 0.667. The molecule has 0 radical (unpaired) electrons. The Balaban J connectivity index is 4.43. The third-order valence-corrected chi connectivity index (χ3v) is 2.24. The van der Waals surface area contributed by atoms with Gasteiger partial charge >= 0.3 is 5.97 Å². The minimum Gasteiger partial charge on any atom is -0.478 e. The molecule has 1 N–H and O–H groups in total. The van der Waals surface area contributed by atoms with Crippen molar-refractivity contribution in [2.45, 2.75) is 20.3 Å². The Kier molecular flexibility index (Phi) is 7.21. The van der Waals surface area contributed by atoms with E-state index >= 15 is 0 Å². The van der Waals surface area contributed by atoms with Crippen molar-refractivity contribution in [3.8, 4) is 0 Å². The van der Waals surface area contributed by atoms with E-state index in [0.717, 1.165) is 18.5 Å². The lowest BCUT2D eigenvalue weighted by atomic mass is 10.2. The number of rotatable bonds is 7. The predicted octanol–water partition coefficient (Wildman–Crippen LogP) is 0.817. The van der Waals surface area contributed by atoms with E-state index in [-0.39, 0.29) is 5.91 Å². The van der Waals surface area contributed by atoms with Gasteiger partial charge in [0, 0.05) is 26.7 Å². The summed E-state index contributed by atoms with van der Waals surface area (Å²) in [5.41, 5.74) is 0.748. The number of hydrogen-bond acceptors (Lipinski definition) is 3. The lowest BCUT2D eigenvalue weighted by Gasteiger charge is -2.23. The molecule has 0 spiro atoms. The molecule has 0 aromatic heterocycles. The second-order valence-electron chi connectivity index (χ2n) is 4.33. The van der Waals surface area contributed by atoms with Crippen molar-refractivity contribution in [2.24, 2.45) is 0 Å². The van der Waals surface area contributed by atoms with Gasteiger partial charge in [0.2, 0.25) is 5.91 Å². The fourth-order valence-corrected chi connectivity index (χ4v) is 1.47. The zero-order chi connectivity index (χ0) is 13.4. The maximum Gasteiger partial charge on any atom is 0.328 e. The third kappa shape index (κ3) is 7.52. The Morgan fingerprint density at radius 1 is 1.24 bits per heavy atom. The van der Waals surface area contributed by atoms with Crippen LogP contribution >= 0.6 is 0 Å². The Morgan fingerprint density at radius 2 is 1.82 bits per heavy atom. The topological polar surface area (TPSA) is 60.9 Å². The molecule has 1 amide bonds. The maximum absolute atomic E-state index is 11.6. The van der Waals surface area contributed by atoms with Crippen molar-refractivity contribution in [3.63, 3.8) is 0 Å². The third-order valence-electron chi connectivity index (χ3n) is 2.24. The molecule has 0 rings (SSSR count). The zero-order valence-electron chi connectivity index (χ0n) is 11.1. The van der Waals surface area contributed by atoms with Crippen molar-refractivity contribution in [2.75, 3.05) is 33.7 Å². The molecule has 0 aliphatic carbocycles. The van der Waals surface area contributed by atoms with E-state index in [0.29, 0.717) is 13.1 Å². The number of likely N-dealkylation sites (N-methyl/N-ethyl adjacent to an activating group) is 1. The number of carbonyl (C=O) groups is 2. The van der Waals surface area contributed by atoms with E-state index in [4.69, 9.17) is 5.11 Å². The van der Waals surface area contributed by atoms with Crippen molar-refractivity contribution < 1.29 is 14.7 Å². The van der Waals surface area contributed by atoms with Crippen molar-refractivity contribution in [1.29, 1.82) is 0 Å². The summed E-state index contributed by atoms with van der Waals surface area (Å²) >= 11 is 0. The van der Waals surface area contributed by atoms with Crippen molar-refractivity contribution in [1.82, 2.24) is 9.80 Å². The first kappa shape index (κ1) is 15.6. The van der Waals surface area contributed by atoms with E-state index in [9.17, 15) is 9.59 Å². The van der Waals surface area contributed by atoms with Crippen molar-refractivity contribution >= 4 is 11.9 Å². The van der Waals surface area contributed by atoms with Crippen LogP contribution in [0.5, 0.6) is 0 Å². The largest absolute Gasteiger partial charge is 0.478 e. The summed E-state index contributed by atoms with van der Waals surface area (Å²) < 4.78 is 0. The standard InChI is InChI=1S/C12H22N2O3/c1-5-6-14(9-11(15)13(3)4)8-10(2)7-12(16)17/h7H,5-6,8-9H2,1-4H3,(H,16,17)/b10-7+. The van der Waals surface area contributed by atoms with Gasteiger partial charge in [-0.15, -0.1) is 0 Å². The normalized spacial score (nSPS) is 11.7. The Bertz CT molecular complexity index is 298. The van der Waals surface area contributed by atoms with Crippen LogP contribution in [-0.2, 0) is 9.59 Å². The summed E-state index contributed by atoms with van der Waals surface area (Å²) in [7, 11) is 3.43. The van der Waals surface area contributed by atoms with Gasteiger partial charge in [0.25, 0.3) is 0 Å². The van der Waals surface area contributed by atoms with Crippen LogP contribution in [0.3, 0.4) is 0 Å². The Hall–Kier alpha value is -1.36. The van der Waals surface area contributed by atoms with E-state index in [1.807, 2.05) is 11.8 Å². The number of amides is 1. The molecule has 0 aliphatic heterocycles. The molecule has 0 bridgehead atoms. The second kappa shape index (κ2) is 7.84. The van der Waals surface area contributed by atoms with Gasteiger partial charge in [-0.1, -0.05) is 12.5 Å². The first-order valence-electron chi connectivity index (χ1n) is 5.69. The van der Waals surface area contributed by atoms with E-state index < -0.39 is 5.97 Å². The molecule has 0 unspecified atom stereocenters. The summed E-state index contributed by atoms with van der Waals surface area (Å²) in [6.45, 7) is 5.41. The average Bonchev–Trinajstić information content (AvgIpc) is 2.15. The molecule has 0 saturated carbocycles. The Morgan fingerprint density at radius 3 is 2.24 bits per heavy atom. The highest BCUT2D eigenvalue weighted by atomic mass is 16.4. The molecule has 0 heterocycles. The van der Waals surface area contributed by atoms with Crippen LogP contribution in [0.2, 0.25) is 0 Å². The van der Waals surface area contributed by atoms with Crippen LogP contribution in [0, 0.1) is 0 Å². The highest BCUT2D eigenvalue weighted by Gasteiger charge is 2.12. The minimum absolute atomic E-state index is 0.0292. The molecule has 5 nitrogen and oxygen atoms in total. The predicted molar refractivity (Wildman–Crippen MR) is 66.8 cm³/mol. The van der Waals surface area contributed by atoms with Gasteiger partial charge in [0.15, 0.2) is 0 Å². The van der Waals surface area contributed by atoms with Crippen LogP contribution in [0.25, 0.3) is 0 Å². The lowest BCUT2D eigenvalue weighted by Crippen LogP contribution is -2.37. The summed E-state index contributed by atoms with van der Waals surface area (Å²) in [4.78, 5) is 25.6. The zero-order valence-corrected chi connectivity index (χ0v) is 11.1. The molecular weight excluding hydrogens is 220 g/mol. The maximum atomic E-state index is 11.6. The van der Waals surface area contributed by atoms with Crippen LogP contribution in [0.15, 0.2) is 11.6 Å². The number of aliphatic carboxylic acids is 1. The number of carboxylic acids is 1. The van der Waals surface area contributed by atoms with E-state index in [1.54, 1.807) is 25.9 Å². The van der Waals surface area contributed by atoms with Crippen molar-refractivity contribution in [3.05, 3.63) is 11.6 Å². The molecule has 0 aliphatic rings. The molecule has 0 saturated heterocycles. The van der Waals surface area contributed by atoms with Gasteiger partial charge in [-0.3, -0.25) is 9.69 Å². The minimum atomic E-state index is -0.946.